The number of ether oxygens (including phenoxy) is 1. The second kappa shape index (κ2) is 8.87. The predicted molar refractivity (Wildman–Crippen MR) is 97.4 cm³/mol. The number of aryl methyl sites for hydroxylation is 2. The van der Waals surface area contributed by atoms with Gasteiger partial charge in [-0.1, -0.05) is 49.7 Å². The Bertz CT molecular complexity index is 689. The Morgan fingerprint density at radius 1 is 1.08 bits per heavy atom. The summed E-state index contributed by atoms with van der Waals surface area (Å²) in [5.74, 6) is 0.433. The molecule has 126 valence electrons. The molecule has 1 N–H and O–H groups in total. The molecule has 24 heavy (non-hydrogen) atoms. The number of benzene rings is 2. The fourth-order valence-corrected chi connectivity index (χ4v) is 2.46. The Labute approximate surface area is 143 Å². The zero-order chi connectivity index (χ0) is 17.4. The average Bonchev–Trinajstić information content (AvgIpc) is 2.56. The van der Waals surface area contributed by atoms with E-state index in [0.717, 1.165) is 35.2 Å². The first-order chi connectivity index (χ1) is 11.6. The highest BCUT2D eigenvalue weighted by molar-refractivity contribution is 6.01. The lowest BCUT2D eigenvalue weighted by atomic mass is 10.1. The van der Waals surface area contributed by atoms with Gasteiger partial charge >= 0.3 is 0 Å². The Morgan fingerprint density at radius 3 is 2.38 bits per heavy atom. The molecule has 1 amide bonds. The summed E-state index contributed by atoms with van der Waals surface area (Å²) < 4.78 is 5.55. The maximum absolute atomic E-state index is 12.0. The van der Waals surface area contributed by atoms with Crippen LogP contribution in [0.15, 0.2) is 53.6 Å². The van der Waals surface area contributed by atoms with Gasteiger partial charge in [0.15, 0.2) is 6.61 Å². The number of carbonyl (C=O) groups excluding carboxylic acids is 1. The van der Waals surface area contributed by atoms with E-state index in [-0.39, 0.29) is 12.5 Å². The van der Waals surface area contributed by atoms with Crippen LogP contribution in [0.1, 0.15) is 36.5 Å². The van der Waals surface area contributed by atoms with Crippen molar-refractivity contribution < 1.29 is 9.53 Å². The van der Waals surface area contributed by atoms with Gasteiger partial charge in [0.1, 0.15) is 5.75 Å². The summed E-state index contributed by atoms with van der Waals surface area (Å²) in [4.78, 5) is 12.0. The van der Waals surface area contributed by atoms with E-state index in [2.05, 4.69) is 23.5 Å². The van der Waals surface area contributed by atoms with Crippen LogP contribution in [0.3, 0.4) is 0 Å². The third kappa shape index (κ3) is 5.54. The fraction of sp³-hybridized carbons (Fsp3) is 0.300. The van der Waals surface area contributed by atoms with Gasteiger partial charge in [0, 0.05) is 0 Å². The van der Waals surface area contributed by atoms with E-state index >= 15 is 0 Å². The van der Waals surface area contributed by atoms with E-state index < -0.39 is 0 Å². The standard InChI is InChI=1S/C20H24N2O2/c1-4-8-19(17-9-6-5-7-10-17)21-22-20(23)14-24-18-12-15(2)11-16(3)13-18/h5-7,9-13H,4,8,14H2,1-3H3,(H,22,23). The van der Waals surface area contributed by atoms with Gasteiger partial charge in [-0.2, -0.15) is 5.10 Å². The van der Waals surface area contributed by atoms with Gasteiger partial charge in [-0.15, -0.1) is 0 Å². The molecule has 0 spiro atoms. The lowest BCUT2D eigenvalue weighted by molar-refractivity contribution is -0.123. The molecule has 0 aliphatic rings. The van der Waals surface area contributed by atoms with Gasteiger partial charge in [-0.05, 0) is 49.1 Å². The highest BCUT2D eigenvalue weighted by atomic mass is 16.5. The molecule has 0 fully saturated rings. The third-order valence-electron chi connectivity index (χ3n) is 3.47. The first kappa shape index (κ1) is 17.7. The van der Waals surface area contributed by atoms with Crippen molar-refractivity contribution in [2.24, 2.45) is 5.10 Å². The van der Waals surface area contributed by atoms with Crippen LogP contribution in [0.2, 0.25) is 0 Å². The lowest BCUT2D eigenvalue weighted by Gasteiger charge is -2.09. The fourth-order valence-electron chi connectivity index (χ4n) is 2.46. The number of hydrogen-bond acceptors (Lipinski definition) is 3. The van der Waals surface area contributed by atoms with Crippen LogP contribution in [0, 0.1) is 13.8 Å². The van der Waals surface area contributed by atoms with Crippen molar-refractivity contribution in [2.75, 3.05) is 6.61 Å². The van der Waals surface area contributed by atoms with Crippen LogP contribution < -0.4 is 10.2 Å². The molecule has 0 atom stereocenters. The Kier molecular flexibility index (Phi) is 6.55. The van der Waals surface area contributed by atoms with E-state index in [9.17, 15) is 4.79 Å². The summed E-state index contributed by atoms with van der Waals surface area (Å²) in [5.41, 5.74) is 6.70. The van der Waals surface area contributed by atoms with Crippen molar-refractivity contribution in [2.45, 2.75) is 33.6 Å². The molecular formula is C20H24N2O2. The zero-order valence-corrected chi connectivity index (χ0v) is 14.5. The van der Waals surface area contributed by atoms with Gasteiger partial charge in [0.05, 0.1) is 5.71 Å². The van der Waals surface area contributed by atoms with Crippen LogP contribution in [0.25, 0.3) is 0 Å². The molecule has 0 saturated carbocycles. The molecule has 0 heterocycles. The molecule has 2 aromatic rings. The number of nitrogens with one attached hydrogen (secondary N) is 1. The number of nitrogens with zero attached hydrogens (tertiary/aromatic N) is 1. The number of carbonyl (C=O) groups is 1. The number of amides is 1. The predicted octanol–water partition coefficient (Wildman–Crippen LogP) is 4.00. The first-order valence-electron chi connectivity index (χ1n) is 8.20. The maximum Gasteiger partial charge on any atom is 0.277 e. The number of hydrogen-bond donors (Lipinski definition) is 1. The average molecular weight is 324 g/mol. The molecule has 0 aliphatic heterocycles. The quantitative estimate of drug-likeness (QED) is 0.618. The minimum atomic E-state index is -0.265. The smallest absolute Gasteiger partial charge is 0.277 e. The van der Waals surface area contributed by atoms with Crippen molar-refractivity contribution in [1.82, 2.24) is 5.43 Å². The first-order valence-corrected chi connectivity index (χ1v) is 8.20. The Morgan fingerprint density at radius 2 is 1.75 bits per heavy atom. The molecule has 0 aliphatic carbocycles. The van der Waals surface area contributed by atoms with E-state index in [1.165, 1.54) is 0 Å². The SMILES string of the molecule is CCCC(=NNC(=O)COc1cc(C)cc(C)c1)c1ccccc1. The van der Waals surface area contributed by atoms with Crippen molar-refractivity contribution in [3.05, 3.63) is 65.2 Å². The second-order valence-electron chi connectivity index (χ2n) is 5.82. The van der Waals surface area contributed by atoms with Crippen LogP contribution in [0.5, 0.6) is 5.75 Å². The molecule has 0 aromatic heterocycles. The lowest BCUT2D eigenvalue weighted by Crippen LogP contribution is -2.26. The summed E-state index contributed by atoms with van der Waals surface area (Å²) in [6, 6.07) is 15.8. The van der Waals surface area contributed by atoms with Gasteiger partial charge in [0.25, 0.3) is 5.91 Å². The monoisotopic (exact) mass is 324 g/mol. The largest absolute Gasteiger partial charge is 0.484 e. The Balaban J connectivity index is 1.95. The topological polar surface area (TPSA) is 50.7 Å². The molecule has 0 saturated heterocycles. The molecular weight excluding hydrogens is 300 g/mol. The zero-order valence-electron chi connectivity index (χ0n) is 14.5. The van der Waals surface area contributed by atoms with E-state index in [1.54, 1.807) is 0 Å². The summed E-state index contributed by atoms with van der Waals surface area (Å²) in [6.45, 7) is 6.03. The van der Waals surface area contributed by atoms with Gasteiger partial charge in [-0.25, -0.2) is 5.43 Å². The van der Waals surface area contributed by atoms with Crippen LogP contribution in [0.4, 0.5) is 0 Å². The van der Waals surface area contributed by atoms with Crippen LogP contribution in [-0.4, -0.2) is 18.2 Å². The third-order valence-corrected chi connectivity index (χ3v) is 3.47. The highest BCUT2D eigenvalue weighted by Gasteiger charge is 2.06. The molecule has 4 nitrogen and oxygen atoms in total. The summed E-state index contributed by atoms with van der Waals surface area (Å²) >= 11 is 0. The van der Waals surface area contributed by atoms with Crippen molar-refractivity contribution in [1.29, 1.82) is 0 Å². The summed E-state index contributed by atoms with van der Waals surface area (Å²) in [6.07, 6.45) is 1.77. The van der Waals surface area contributed by atoms with E-state index in [1.807, 2.05) is 56.3 Å². The van der Waals surface area contributed by atoms with Crippen molar-refractivity contribution in [3.8, 4) is 5.75 Å². The van der Waals surface area contributed by atoms with E-state index in [4.69, 9.17) is 4.74 Å². The summed E-state index contributed by atoms with van der Waals surface area (Å²) in [7, 11) is 0. The van der Waals surface area contributed by atoms with Gasteiger partial charge in [0.2, 0.25) is 0 Å². The van der Waals surface area contributed by atoms with E-state index in [0.29, 0.717) is 5.75 Å². The summed E-state index contributed by atoms with van der Waals surface area (Å²) in [5, 5.41) is 4.27. The minimum Gasteiger partial charge on any atom is -0.484 e. The molecule has 2 aromatic carbocycles. The molecule has 0 bridgehead atoms. The molecule has 4 heteroatoms. The maximum atomic E-state index is 12.0. The molecule has 2 rings (SSSR count). The second-order valence-corrected chi connectivity index (χ2v) is 5.82. The Hall–Kier alpha value is -2.62. The van der Waals surface area contributed by atoms with Crippen molar-refractivity contribution >= 4 is 11.6 Å². The van der Waals surface area contributed by atoms with Crippen LogP contribution >= 0.6 is 0 Å². The number of rotatable bonds is 7. The minimum absolute atomic E-state index is 0.0550. The van der Waals surface area contributed by atoms with Gasteiger partial charge < -0.3 is 4.74 Å². The van der Waals surface area contributed by atoms with Crippen LogP contribution in [-0.2, 0) is 4.79 Å². The molecule has 0 radical (unpaired) electrons. The highest BCUT2D eigenvalue weighted by Crippen LogP contribution is 2.15. The van der Waals surface area contributed by atoms with Crippen molar-refractivity contribution in [3.63, 3.8) is 0 Å². The normalized spacial score (nSPS) is 11.2. The molecule has 0 unspecified atom stereocenters. The number of hydrazone groups is 1. The van der Waals surface area contributed by atoms with Gasteiger partial charge in [-0.3, -0.25) is 4.79 Å².